The summed E-state index contributed by atoms with van der Waals surface area (Å²) in [5, 5.41) is 0. The van der Waals surface area contributed by atoms with E-state index in [9.17, 15) is 0 Å². The van der Waals surface area contributed by atoms with Gasteiger partial charge < -0.3 is 5.73 Å². The van der Waals surface area contributed by atoms with Gasteiger partial charge in [-0.05, 0) is 25.8 Å². The Morgan fingerprint density at radius 2 is 1.20 bits per heavy atom. The molecule has 0 atom stereocenters. The summed E-state index contributed by atoms with van der Waals surface area (Å²) in [6, 6.07) is 0. The van der Waals surface area contributed by atoms with Crippen LogP contribution in [0.25, 0.3) is 0 Å². The second-order valence-electron chi connectivity index (χ2n) is 4.11. The number of thiol groups is 1. The van der Waals surface area contributed by atoms with Gasteiger partial charge in [0.1, 0.15) is 0 Å². The monoisotopic (exact) mass is 247 g/mol. The maximum Gasteiger partial charge on any atom is 0.0448 e. The number of hydrogen-bond acceptors (Lipinski definition) is 2. The zero-order valence-corrected chi connectivity index (χ0v) is 11.4. The van der Waals surface area contributed by atoms with E-state index in [1.54, 1.807) is 0 Å². The largest absolute Gasteiger partial charge is 0.330 e. The quantitative estimate of drug-likeness (QED) is 0.326. The predicted octanol–water partition coefficient (Wildman–Crippen LogP) is 4.10. The zero-order valence-electron chi connectivity index (χ0n) is 9.71. The molecule has 0 spiro atoms. The summed E-state index contributed by atoms with van der Waals surface area (Å²) in [5.41, 5.74) is 5.43. The minimum absolute atomic E-state index is 0.851. The van der Waals surface area contributed by atoms with Crippen molar-refractivity contribution < 1.29 is 0 Å². The van der Waals surface area contributed by atoms with Crippen molar-refractivity contribution in [2.75, 3.05) is 6.54 Å². The third-order valence-corrected chi connectivity index (χ3v) is 3.02. The van der Waals surface area contributed by atoms with Gasteiger partial charge in [-0.3, -0.25) is 0 Å². The Morgan fingerprint density at radius 1 is 0.800 bits per heavy atom. The van der Waals surface area contributed by atoms with Crippen LogP contribution in [0, 0.1) is 0 Å². The molecule has 0 aromatic heterocycles. The number of thiocarbonyl (C=S) groups is 1. The van der Waals surface area contributed by atoms with Crippen LogP contribution in [0.4, 0.5) is 0 Å². The highest BCUT2D eigenvalue weighted by atomic mass is 32.1. The molecule has 0 fully saturated rings. The van der Waals surface area contributed by atoms with Gasteiger partial charge in [0, 0.05) is 4.20 Å². The Bertz CT molecular complexity index is 149. The van der Waals surface area contributed by atoms with Crippen molar-refractivity contribution in [3.05, 3.63) is 0 Å². The van der Waals surface area contributed by atoms with Crippen molar-refractivity contribution in [1.29, 1.82) is 0 Å². The molecule has 0 radical (unpaired) electrons. The Hall–Kier alpha value is 0.400. The van der Waals surface area contributed by atoms with Crippen molar-refractivity contribution in [2.24, 2.45) is 5.73 Å². The van der Waals surface area contributed by atoms with Gasteiger partial charge in [0.25, 0.3) is 0 Å². The molecule has 0 aromatic rings. The molecular formula is C12H25NS2. The Balaban J connectivity index is 2.89. The first-order valence-corrected chi connectivity index (χ1v) is 7.04. The summed E-state index contributed by atoms with van der Waals surface area (Å²) >= 11 is 9.02. The van der Waals surface area contributed by atoms with Crippen LogP contribution >= 0.6 is 24.8 Å². The summed E-state index contributed by atoms with van der Waals surface area (Å²) < 4.78 is 0.858. The summed E-state index contributed by atoms with van der Waals surface area (Å²) in [4.78, 5) is 0. The molecule has 0 unspecified atom stereocenters. The molecule has 2 N–H and O–H groups in total. The Kier molecular flexibility index (Phi) is 12.8. The first-order chi connectivity index (χ1) is 7.27. The van der Waals surface area contributed by atoms with E-state index in [1.807, 2.05) is 0 Å². The first kappa shape index (κ1) is 15.4. The second-order valence-corrected chi connectivity index (χ2v) is 5.45. The van der Waals surface area contributed by atoms with E-state index in [2.05, 4.69) is 12.6 Å². The van der Waals surface area contributed by atoms with E-state index in [1.165, 1.54) is 57.8 Å². The SMILES string of the molecule is NCCCCCCCCCCCC(=S)S. The van der Waals surface area contributed by atoms with E-state index < -0.39 is 0 Å². The summed E-state index contributed by atoms with van der Waals surface area (Å²) in [7, 11) is 0. The molecule has 0 saturated heterocycles. The average molecular weight is 247 g/mol. The van der Waals surface area contributed by atoms with Gasteiger partial charge >= 0.3 is 0 Å². The molecule has 15 heavy (non-hydrogen) atoms. The van der Waals surface area contributed by atoms with Crippen LogP contribution in [0.5, 0.6) is 0 Å². The Morgan fingerprint density at radius 3 is 1.60 bits per heavy atom. The normalized spacial score (nSPS) is 10.5. The number of unbranched alkanes of at least 4 members (excludes halogenated alkanes) is 8. The minimum Gasteiger partial charge on any atom is -0.330 e. The summed E-state index contributed by atoms with van der Waals surface area (Å²) in [5.74, 6) is 0. The van der Waals surface area contributed by atoms with Gasteiger partial charge in [0.2, 0.25) is 0 Å². The smallest absolute Gasteiger partial charge is 0.0448 e. The molecule has 0 rings (SSSR count). The Labute approximate surface area is 106 Å². The molecule has 0 aliphatic rings. The molecular weight excluding hydrogens is 222 g/mol. The van der Waals surface area contributed by atoms with E-state index in [0.717, 1.165) is 17.2 Å². The lowest BCUT2D eigenvalue weighted by atomic mass is 10.1. The number of rotatable bonds is 11. The van der Waals surface area contributed by atoms with Crippen LogP contribution in [0.15, 0.2) is 0 Å². The van der Waals surface area contributed by atoms with Crippen LogP contribution in [-0.4, -0.2) is 10.7 Å². The third kappa shape index (κ3) is 14.4. The van der Waals surface area contributed by atoms with E-state index in [0.29, 0.717) is 0 Å². The fraction of sp³-hybridized carbons (Fsp3) is 0.917. The summed E-state index contributed by atoms with van der Waals surface area (Å²) in [6.07, 6.45) is 12.9. The van der Waals surface area contributed by atoms with Crippen LogP contribution in [0.1, 0.15) is 64.2 Å². The van der Waals surface area contributed by atoms with E-state index in [-0.39, 0.29) is 0 Å². The van der Waals surface area contributed by atoms with Gasteiger partial charge in [-0.25, -0.2) is 0 Å². The standard InChI is InChI=1S/C12H25NS2/c13-11-9-7-5-3-1-2-4-6-8-10-12(14)15/h1-11,13H2,(H,14,15). The van der Waals surface area contributed by atoms with Crippen LogP contribution in [0.2, 0.25) is 0 Å². The molecule has 0 bridgehead atoms. The van der Waals surface area contributed by atoms with Gasteiger partial charge in [-0.15, -0.1) is 12.6 Å². The molecule has 0 aliphatic heterocycles. The highest BCUT2D eigenvalue weighted by molar-refractivity contribution is 8.11. The zero-order chi connectivity index (χ0) is 11.4. The molecule has 0 aliphatic carbocycles. The van der Waals surface area contributed by atoms with Gasteiger partial charge in [-0.1, -0.05) is 57.2 Å². The molecule has 90 valence electrons. The van der Waals surface area contributed by atoms with Crippen LogP contribution in [-0.2, 0) is 0 Å². The van der Waals surface area contributed by atoms with Crippen molar-refractivity contribution in [3.63, 3.8) is 0 Å². The molecule has 0 amide bonds. The van der Waals surface area contributed by atoms with Crippen molar-refractivity contribution in [1.82, 2.24) is 0 Å². The van der Waals surface area contributed by atoms with E-state index >= 15 is 0 Å². The van der Waals surface area contributed by atoms with Crippen LogP contribution < -0.4 is 5.73 Å². The maximum atomic E-state index is 5.43. The lowest BCUT2D eigenvalue weighted by Gasteiger charge is -2.01. The van der Waals surface area contributed by atoms with Crippen molar-refractivity contribution >= 4 is 29.0 Å². The van der Waals surface area contributed by atoms with Gasteiger partial charge in [0.15, 0.2) is 0 Å². The molecule has 0 heterocycles. The first-order valence-electron chi connectivity index (χ1n) is 6.19. The molecule has 1 nitrogen and oxygen atoms in total. The van der Waals surface area contributed by atoms with Gasteiger partial charge in [0.05, 0.1) is 0 Å². The molecule has 0 aromatic carbocycles. The van der Waals surface area contributed by atoms with Crippen molar-refractivity contribution in [2.45, 2.75) is 64.2 Å². The predicted molar refractivity (Wildman–Crippen MR) is 76.8 cm³/mol. The highest BCUT2D eigenvalue weighted by Crippen LogP contribution is 2.11. The molecule has 0 saturated carbocycles. The lowest BCUT2D eigenvalue weighted by Crippen LogP contribution is -1.97. The fourth-order valence-electron chi connectivity index (χ4n) is 1.66. The van der Waals surface area contributed by atoms with Crippen LogP contribution in [0.3, 0.4) is 0 Å². The molecule has 3 heteroatoms. The third-order valence-electron chi connectivity index (χ3n) is 2.59. The van der Waals surface area contributed by atoms with Crippen molar-refractivity contribution in [3.8, 4) is 0 Å². The minimum atomic E-state index is 0.851. The number of hydrogen-bond donors (Lipinski definition) is 2. The lowest BCUT2D eigenvalue weighted by molar-refractivity contribution is 0.564. The summed E-state index contributed by atoms with van der Waals surface area (Å²) in [6.45, 7) is 0.851. The second kappa shape index (κ2) is 12.5. The fourth-order valence-corrected chi connectivity index (χ4v) is 1.96. The average Bonchev–Trinajstić information content (AvgIpc) is 2.20. The van der Waals surface area contributed by atoms with E-state index in [4.69, 9.17) is 18.0 Å². The highest BCUT2D eigenvalue weighted by Gasteiger charge is 1.93. The number of nitrogens with two attached hydrogens (primary N) is 1. The topological polar surface area (TPSA) is 26.0 Å². The maximum absolute atomic E-state index is 5.43. The van der Waals surface area contributed by atoms with Gasteiger partial charge in [-0.2, -0.15) is 0 Å².